The fourth-order valence-corrected chi connectivity index (χ4v) is 2.58. The van der Waals surface area contributed by atoms with Crippen molar-refractivity contribution in [3.05, 3.63) is 17.0 Å². The van der Waals surface area contributed by atoms with E-state index in [1.54, 1.807) is 6.07 Å². The van der Waals surface area contributed by atoms with Crippen LogP contribution in [0.2, 0.25) is 5.15 Å². The van der Waals surface area contributed by atoms with Crippen LogP contribution in [0.25, 0.3) is 0 Å². The first-order valence-corrected chi connectivity index (χ1v) is 7.49. The number of rotatable bonds is 2. The van der Waals surface area contributed by atoms with Gasteiger partial charge in [-0.2, -0.15) is 4.98 Å². The third-order valence-electron chi connectivity index (χ3n) is 3.28. The van der Waals surface area contributed by atoms with Crippen LogP contribution in [0.3, 0.4) is 0 Å². The van der Waals surface area contributed by atoms with Gasteiger partial charge in [-0.15, -0.1) is 0 Å². The fourth-order valence-electron chi connectivity index (χ4n) is 2.40. The molecule has 1 aliphatic rings. The van der Waals surface area contributed by atoms with Gasteiger partial charge in [-0.1, -0.05) is 32.4 Å². The van der Waals surface area contributed by atoms with E-state index in [1.165, 1.54) is 0 Å². The van der Waals surface area contributed by atoms with Crippen LogP contribution in [0.4, 0.5) is 0 Å². The van der Waals surface area contributed by atoms with E-state index < -0.39 is 0 Å². The van der Waals surface area contributed by atoms with Gasteiger partial charge in [0.25, 0.3) is 0 Å². The summed E-state index contributed by atoms with van der Waals surface area (Å²) in [6.07, 6.45) is 2.28. The maximum atomic E-state index is 6.08. The molecule has 1 aromatic rings. The lowest BCUT2D eigenvalue weighted by atomic mass is 9.96. The van der Waals surface area contributed by atoms with Gasteiger partial charge in [-0.3, -0.25) is 0 Å². The minimum absolute atomic E-state index is 0.118. The first kappa shape index (κ1) is 15.5. The highest BCUT2D eigenvalue weighted by molar-refractivity contribution is 6.29. The number of aromatic nitrogens is 2. The topological polar surface area (TPSA) is 44.2 Å². The van der Waals surface area contributed by atoms with Crippen molar-refractivity contribution in [2.45, 2.75) is 71.2 Å². The molecular weight excluding hydrogens is 276 g/mol. The molecule has 0 radical (unpaired) electrons. The zero-order valence-electron chi connectivity index (χ0n) is 12.8. The lowest BCUT2D eigenvalue weighted by Crippen LogP contribution is -2.36. The first-order valence-electron chi connectivity index (χ1n) is 7.11. The molecule has 4 nitrogen and oxygen atoms in total. The van der Waals surface area contributed by atoms with E-state index in [4.69, 9.17) is 21.1 Å². The summed E-state index contributed by atoms with van der Waals surface area (Å²) in [5, 5.41) is 0.424. The lowest BCUT2D eigenvalue weighted by molar-refractivity contribution is -0.0730. The van der Waals surface area contributed by atoms with E-state index in [1.807, 2.05) is 0 Å². The predicted octanol–water partition coefficient (Wildman–Crippen LogP) is 3.76. The Morgan fingerprint density at radius 3 is 2.35 bits per heavy atom. The van der Waals surface area contributed by atoms with E-state index >= 15 is 0 Å². The monoisotopic (exact) mass is 298 g/mol. The summed E-state index contributed by atoms with van der Waals surface area (Å²) in [4.78, 5) is 8.77. The van der Waals surface area contributed by atoms with Gasteiger partial charge < -0.3 is 9.47 Å². The zero-order valence-corrected chi connectivity index (χ0v) is 13.6. The van der Waals surface area contributed by atoms with Crippen molar-refractivity contribution >= 4 is 11.6 Å². The zero-order chi connectivity index (χ0) is 14.9. The van der Waals surface area contributed by atoms with Gasteiger partial charge in [0.05, 0.1) is 12.2 Å². The number of halogens is 1. The summed E-state index contributed by atoms with van der Waals surface area (Å²) in [6.45, 7) is 10.3. The summed E-state index contributed by atoms with van der Waals surface area (Å²) < 4.78 is 11.7. The Kier molecular flexibility index (Phi) is 4.55. The second-order valence-corrected chi connectivity index (χ2v) is 6.96. The average Bonchev–Trinajstić information content (AvgIpc) is 2.25. The molecule has 20 heavy (non-hydrogen) atoms. The molecule has 0 spiro atoms. The van der Waals surface area contributed by atoms with E-state index in [0.717, 1.165) is 12.8 Å². The molecule has 1 aromatic heterocycles. The van der Waals surface area contributed by atoms with Crippen LogP contribution in [0.5, 0.6) is 5.88 Å². The van der Waals surface area contributed by atoms with Crippen molar-refractivity contribution in [3.63, 3.8) is 0 Å². The van der Waals surface area contributed by atoms with Gasteiger partial charge in [0, 0.05) is 24.3 Å². The molecule has 112 valence electrons. The highest BCUT2D eigenvalue weighted by Gasteiger charge is 2.27. The SMILES string of the molecule is CC1CC(Oc2cc(Cl)nc(C(C)(C)C)n2)CC(C)O1. The molecule has 2 atom stereocenters. The predicted molar refractivity (Wildman–Crippen MR) is 79.4 cm³/mol. The average molecular weight is 299 g/mol. The van der Waals surface area contributed by atoms with Crippen molar-refractivity contribution in [1.29, 1.82) is 0 Å². The number of ether oxygens (including phenoxy) is 2. The van der Waals surface area contributed by atoms with Gasteiger partial charge in [-0.05, 0) is 13.8 Å². The molecule has 2 unspecified atom stereocenters. The second kappa shape index (κ2) is 5.86. The van der Waals surface area contributed by atoms with Gasteiger partial charge in [0.2, 0.25) is 5.88 Å². The molecule has 0 bridgehead atoms. The van der Waals surface area contributed by atoms with E-state index in [-0.39, 0.29) is 23.7 Å². The minimum Gasteiger partial charge on any atom is -0.474 e. The van der Waals surface area contributed by atoms with Gasteiger partial charge >= 0.3 is 0 Å². The van der Waals surface area contributed by atoms with Gasteiger partial charge in [0.1, 0.15) is 17.1 Å². The maximum Gasteiger partial charge on any atom is 0.218 e. The fraction of sp³-hybridized carbons (Fsp3) is 0.733. The Labute approximate surface area is 125 Å². The molecule has 0 N–H and O–H groups in total. The summed E-state index contributed by atoms with van der Waals surface area (Å²) >= 11 is 6.08. The van der Waals surface area contributed by atoms with Crippen LogP contribution in [0.1, 0.15) is 53.3 Å². The van der Waals surface area contributed by atoms with Crippen LogP contribution in [-0.4, -0.2) is 28.3 Å². The maximum absolute atomic E-state index is 6.08. The largest absolute Gasteiger partial charge is 0.474 e. The molecule has 1 fully saturated rings. The molecule has 2 rings (SSSR count). The Bertz CT molecular complexity index is 463. The summed E-state index contributed by atoms with van der Waals surface area (Å²) in [6, 6.07) is 1.68. The Hall–Kier alpha value is -0.870. The highest BCUT2D eigenvalue weighted by Crippen LogP contribution is 2.27. The van der Waals surface area contributed by atoms with Crippen molar-refractivity contribution in [2.24, 2.45) is 0 Å². The van der Waals surface area contributed by atoms with Crippen LogP contribution < -0.4 is 4.74 Å². The molecular formula is C15H23ClN2O2. The van der Waals surface area contributed by atoms with Crippen molar-refractivity contribution in [3.8, 4) is 5.88 Å². The molecule has 1 aliphatic heterocycles. The quantitative estimate of drug-likeness (QED) is 0.780. The lowest BCUT2D eigenvalue weighted by Gasteiger charge is -2.32. The summed E-state index contributed by atoms with van der Waals surface area (Å²) in [5.74, 6) is 1.26. The third kappa shape index (κ3) is 4.06. The van der Waals surface area contributed by atoms with E-state index in [9.17, 15) is 0 Å². The smallest absolute Gasteiger partial charge is 0.218 e. The molecule has 2 heterocycles. The standard InChI is InChI=1S/C15H23ClN2O2/c1-9-6-11(7-10(2)19-9)20-13-8-12(16)17-14(18-13)15(3,4)5/h8-11H,6-7H2,1-5H3. The number of hydrogen-bond donors (Lipinski definition) is 0. The summed E-state index contributed by atoms with van der Waals surface area (Å²) in [7, 11) is 0. The van der Waals surface area contributed by atoms with E-state index in [0.29, 0.717) is 16.9 Å². The molecule has 0 aromatic carbocycles. The molecule has 0 amide bonds. The number of nitrogens with zero attached hydrogens (tertiary/aromatic N) is 2. The first-order chi connectivity index (χ1) is 9.24. The Morgan fingerprint density at radius 1 is 1.20 bits per heavy atom. The second-order valence-electron chi connectivity index (χ2n) is 6.57. The van der Waals surface area contributed by atoms with Crippen LogP contribution in [0.15, 0.2) is 6.07 Å². The van der Waals surface area contributed by atoms with Crippen molar-refractivity contribution < 1.29 is 9.47 Å². The van der Waals surface area contributed by atoms with E-state index in [2.05, 4.69) is 44.6 Å². The molecule has 1 saturated heterocycles. The van der Waals surface area contributed by atoms with Crippen LogP contribution >= 0.6 is 11.6 Å². The van der Waals surface area contributed by atoms with Crippen LogP contribution in [0, 0.1) is 0 Å². The Morgan fingerprint density at radius 2 is 1.80 bits per heavy atom. The molecule has 0 saturated carbocycles. The van der Waals surface area contributed by atoms with Crippen molar-refractivity contribution in [2.75, 3.05) is 0 Å². The highest BCUT2D eigenvalue weighted by atomic mass is 35.5. The molecule has 5 heteroatoms. The Balaban J connectivity index is 2.15. The number of hydrogen-bond acceptors (Lipinski definition) is 4. The minimum atomic E-state index is -0.154. The van der Waals surface area contributed by atoms with Crippen LogP contribution in [-0.2, 0) is 10.2 Å². The van der Waals surface area contributed by atoms with Crippen molar-refractivity contribution in [1.82, 2.24) is 9.97 Å². The normalized spacial score (nSPS) is 27.4. The van der Waals surface area contributed by atoms with Gasteiger partial charge in [-0.25, -0.2) is 4.98 Å². The summed E-state index contributed by atoms with van der Waals surface area (Å²) in [5.41, 5.74) is -0.154. The van der Waals surface area contributed by atoms with Gasteiger partial charge in [0.15, 0.2) is 0 Å². The molecule has 0 aliphatic carbocycles. The third-order valence-corrected chi connectivity index (χ3v) is 3.48.